The second-order valence-corrected chi connectivity index (χ2v) is 7.54. The average Bonchev–Trinajstić information content (AvgIpc) is 3.12. The molecule has 1 aliphatic heterocycles. The lowest BCUT2D eigenvalue weighted by Gasteiger charge is -2.32. The van der Waals surface area contributed by atoms with E-state index in [-0.39, 0.29) is 23.0 Å². The molecule has 142 valence electrons. The monoisotopic (exact) mass is 390 g/mol. The van der Waals surface area contributed by atoms with Crippen LogP contribution in [-0.4, -0.2) is 27.4 Å². The number of hydrogen-bond donors (Lipinski definition) is 2. The van der Waals surface area contributed by atoms with Crippen molar-refractivity contribution in [3.05, 3.63) is 34.9 Å². The summed E-state index contributed by atoms with van der Waals surface area (Å²) in [5.74, 6) is -0.342. The van der Waals surface area contributed by atoms with Crippen LogP contribution >= 0.6 is 11.6 Å². The van der Waals surface area contributed by atoms with E-state index in [0.29, 0.717) is 5.76 Å². The number of amides is 1. The van der Waals surface area contributed by atoms with Crippen LogP contribution in [-0.2, 0) is 0 Å². The Kier molecular flexibility index (Phi) is 4.46. The van der Waals surface area contributed by atoms with Crippen molar-refractivity contribution in [2.75, 3.05) is 5.32 Å². The number of anilines is 1. The third kappa shape index (κ3) is 3.53. The number of carbonyl (C=O) groups is 1. The first kappa shape index (κ1) is 18.6. The Morgan fingerprint density at radius 3 is 2.65 bits per heavy atom. The van der Waals surface area contributed by atoms with E-state index in [2.05, 4.69) is 15.7 Å². The second kappa shape index (κ2) is 6.22. The molecule has 0 fully saturated rings. The zero-order valence-electron chi connectivity index (χ0n) is 14.3. The fourth-order valence-corrected chi connectivity index (χ4v) is 3.08. The maximum Gasteiger partial charge on any atom is 0.410 e. The molecule has 1 amide bonds. The van der Waals surface area contributed by atoms with Crippen LogP contribution in [0.5, 0.6) is 0 Å². The van der Waals surface area contributed by atoms with Gasteiger partial charge in [0, 0.05) is 12.0 Å². The van der Waals surface area contributed by atoms with Gasteiger partial charge in [0.25, 0.3) is 5.91 Å². The predicted octanol–water partition coefficient (Wildman–Crippen LogP) is 4.32. The topological polar surface area (TPSA) is 72.1 Å². The Balaban J connectivity index is 2.03. The third-order valence-corrected chi connectivity index (χ3v) is 4.24. The van der Waals surface area contributed by atoms with E-state index < -0.39 is 29.7 Å². The minimum atomic E-state index is -4.56. The van der Waals surface area contributed by atoms with Crippen LogP contribution in [0.25, 0.3) is 0 Å². The van der Waals surface area contributed by atoms with E-state index in [0.717, 1.165) is 4.68 Å². The number of aromatic nitrogens is 2. The number of alkyl halides is 3. The van der Waals surface area contributed by atoms with Gasteiger partial charge in [-0.3, -0.25) is 4.79 Å². The number of fused-ring (bicyclic) bond motifs is 1. The highest BCUT2D eigenvalue weighted by atomic mass is 35.5. The Hall–Kier alpha value is -2.16. The highest BCUT2D eigenvalue weighted by molar-refractivity contribution is 6.36. The van der Waals surface area contributed by atoms with Crippen LogP contribution in [0.1, 0.15) is 55.5 Å². The Labute approximate surface area is 152 Å². The quantitative estimate of drug-likeness (QED) is 0.801. The van der Waals surface area contributed by atoms with Gasteiger partial charge in [0.2, 0.25) is 0 Å². The lowest BCUT2D eigenvalue weighted by Crippen LogP contribution is -2.41. The van der Waals surface area contributed by atoms with Crippen LogP contribution in [0.3, 0.4) is 0 Å². The molecule has 0 radical (unpaired) electrons. The van der Waals surface area contributed by atoms with Gasteiger partial charge >= 0.3 is 6.18 Å². The van der Waals surface area contributed by atoms with Crippen molar-refractivity contribution in [3.63, 3.8) is 0 Å². The van der Waals surface area contributed by atoms with E-state index in [1.54, 1.807) is 32.9 Å². The maximum absolute atomic E-state index is 13.6. The SMILES string of the molecule is CC(C)(C)NC(=O)c1nn2c(c1Cl)NC(c1ccco1)CC2C(F)(F)F. The maximum atomic E-state index is 13.6. The summed E-state index contributed by atoms with van der Waals surface area (Å²) in [5, 5.41) is 9.26. The number of nitrogens with zero attached hydrogens (tertiary/aromatic N) is 2. The molecule has 10 heteroatoms. The predicted molar refractivity (Wildman–Crippen MR) is 89.2 cm³/mol. The summed E-state index contributed by atoms with van der Waals surface area (Å²) in [4.78, 5) is 12.4. The van der Waals surface area contributed by atoms with E-state index in [9.17, 15) is 18.0 Å². The van der Waals surface area contributed by atoms with Gasteiger partial charge in [-0.25, -0.2) is 4.68 Å². The van der Waals surface area contributed by atoms with Crippen molar-refractivity contribution < 1.29 is 22.4 Å². The zero-order chi connectivity index (χ0) is 19.3. The van der Waals surface area contributed by atoms with Crippen molar-refractivity contribution in [3.8, 4) is 0 Å². The van der Waals surface area contributed by atoms with Gasteiger partial charge in [-0.2, -0.15) is 18.3 Å². The van der Waals surface area contributed by atoms with Gasteiger partial charge < -0.3 is 15.1 Å². The fraction of sp³-hybridized carbons (Fsp3) is 0.500. The second-order valence-electron chi connectivity index (χ2n) is 7.17. The molecule has 1 aliphatic rings. The number of nitrogens with one attached hydrogen (secondary N) is 2. The highest BCUT2D eigenvalue weighted by Gasteiger charge is 2.48. The lowest BCUT2D eigenvalue weighted by atomic mass is 10.0. The highest BCUT2D eigenvalue weighted by Crippen LogP contribution is 2.46. The minimum Gasteiger partial charge on any atom is -0.467 e. The summed E-state index contributed by atoms with van der Waals surface area (Å²) in [6, 6.07) is 0.507. The first-order valence-electron chi connectivity index (χ1n) is 7.94. The van der Waals surface area contributed by atoms with Crippen molar-refractivity contribution in [1.29, 1.82) is 0 Å². The molecular formula is C16H18ClF3N4O2. The molecule has 0 bridgehead atoms. The third-order valence-electron chi connectivity index (χ3n) is 3.89. The summed E-state index contributed by atoms with van der Waals surface area (Å²) in [6.07, 6.45) is -3.51. The Bertz CT molecular complexity index is 809. The minimum absolute atomic E-state index is 0.0549. The first-order chi connectivity index (χ1) is 12.0. The molecule has 0 spiro atoms. The van der Waals surface area contributed by atoms with Gasteiger partial charge in [0.15, 0.2) is 11.7 Å². The largest absolute Gasteiger partial charge is 0.467 e. The average molecular weight is 391 g/mol. The Morgan fingerprint density at radius 2 is 2.12 bits per heavy atom. The van der Waals surface area contributed by atoms with Gasteiger partial charge in [-0.1, -0.05) is 11.6 Å². The number of rotatable bonds is 2. The summed E-state index contributed by atoms with van der Waals surface area (Å²) < 4.78 is 46.7. The summed E-state index contributed by atoms with van der Waals surface area (Å²) >= 11 is 6.20. The summed E-state index contributed by atoms with van der Waals surface area (Å²) in [6.45, 7) is 5.25. The van der Waals surface area contributed by atoms with Gasteiger partial charge in [-0.15, -0.1) is 0 Å². The van der Waals surface area contributed by atoms with E-state index in [4.69, 9.17) is 16.0 Å². The number of halogens is 4. The van der Waals surface area contributed by atoms with Crippen molar-refractivity contribution in [2.24, 2.45) is 0 Å². The lowest BCUT2D eigenvalue weighted by molar-refractivity contribution is -0.174. The molecule has 6 nitrogen and oxygen atoms in total. The Morgan fingerprint density at radius 1 is 1.42 bits per heavy atom. The molecule has 26 heavy (non-hydrogen) atoms. The summed E-state index contributed by atoms with van der Waals surface area (Å²) in [5.41, 5.74) is -0.837. The fourth-order valence-electron chi connectivity index (χ4n) is 2.81. The van der Waals surface area contributed by atoms with Crippen molar-refractivity contribution >= 4 is 23.3 Å². The molecule has 2 unspecified atom stereocenters. The van der Waals surface area contributed by atoms with Crippen LogP contribution in [0.4, 0.5) is 19.0 Å². The van der Waals surface area contributed by atoms with E-state index in [1.807, 2.05) is 0 Å². The zero-order valence-corrected chi connectivity index (χ0v) is 15.1. The molecule has 2 atom stereocenters. The molecule has 0 saturated carbocycles. The van der Waals surface area contributed by atoms with Crippen LogP contribution in [0.2, 0.25) is 5.02 Å². The molecular weight excluding hydrogens is 373 g/mol. The molecule has 2 aromatic rings. The van der Waals surface area contributed by atoms with Crippen molar-refractivity contribution in [2.45, 2.75) is 51.0 Å². The summed E-state index contributed by atoms with van der Waals surface area (Å²) in [7, 11) is 0. The number of carbonyl (C=O) groups excluding carboxylic acids is 1. The van der Waals surface area contributed by atoms with Crippen LogP contribution < -0.4 is 10.6 Å². The molecule has 2 N–H and O–H groups in total. The smallest absolute Gasteiger partial charge is 0.410 e. The number of hydrogen-bond acceptors (Lipinski definition) is 4. The molecule has 3 rings (SSSR count). The van der Waals surface area contributed by atoms with Crippen LogP contribution in [0, 0.1) is 0 Å². The molecule has 0 saturated heterocycles. The normalized spacial score (nSPS) is 20.4. The van der Waals surface area contributed by atoms with Gasteiger partial charge in [0.1, 0.15) is 16.6 Å². The number of furan rings is 1. The molecule has 0 aliphatic carbocycles. The van der Waals surface area contributed by atoms with E-state index in [1.165, 1.54) is 6.26 Å². The van der Waals surface area contributed by atoms with E-state index >= 15 is 0 Å². The molecule has 2 aromatic heterocycles. The molecule has 0 aromatic carbocycles. The standard InChI is InChI=1S/C16H18ClF3N4O2/c1-15(2,3)22-14(25)12-11(17)13-21-8(9-5-4-6-26-9)7-10(16(18,19)20)24(13)23-12/h4-6,8,10,21H,7H2,1-3H3,(H,22,25). The molecule has 3 heterocycles. The first-order valence-corrected chi connectivity index (χ1v) is 8.32. The van der Waals surface area contributed by atoms with Gasteiger partial charge in [-0.05, 0) is 32.9 Å². The van der Waals surface area contributed by atoms with Gasteiger partial charge in [0.05, 0.1) is 12.3 Å². The van der Waals surface area contributed by atoms with Crippen LogP contribution in [0.15, 0.2) is 22.8 Å². The van der Waals surface area contributed by atoms with Crippen molar-refractivity contribution in [1.82, 2.24) is 15.1 Å².